The van der Waals surface area contributed by atoms with Crippen LogP contribution in [0.4, 0.5) is 5.82 Å². The quantitative estimate of drug-likeness (QED) is 0.719. The maximum Gasteiger partial charge on any atom is 0.233 e. The Balaban J connectivity index is 1.88. The standard InChI is InChI=1S/C18H15Cl2N5O2/c1-9-16-10(17-11(19)4-3-5-12(17)20)8-14(26)21-18(16)25(24-9)13-6-7-15(27-2)23-22-13/h3-7,10H,8H2,1-2H3,(H,21,26)/t10-/m1/s1. The highest BCUT2D eigenvalue weighted by molar-refractivity contribution is 6.36. The van der Waals surface area contributed by atoms with Gasteiger partial charge in [0.2, 0.25) is 11.8 Å². The number of rotatable bonds is 3. The third kappa shape index (κ3) is 3.02. The zero-order valence-electron chi connectivity index (χ0n) is 14.5. The molecule has 3 heterocycles. The minimum absolute atomic E-state index is 0.147. The molecule has 1 aliphatic rings. The molecule has 0 saturated heterocycles. The molecule has 1 N–H and O–H groups in total. The number of nitrogens with one attached hydrogen (secondary N) is 1. The summed E-state index contributed by atoms with van der Waals surface area (Å²) in [5, 5.41) is 16.6. The zero-order valence-corrected chi connectivity index (χ0v) is 16.0. The van der Waals surface area contributed by atoms with Crippen LogP contribution in [-0.2, 0) is 4.79 Å². The summed E-state index contributed by atoms with van der Waals surface area (Å²) < 4.78 is 6.60. The van der Waals surface area contributed by atoms with Gasteiger partial charge in [-0.15, -0.1) is 10.2 Å². The number of carbonyl (C=O) groups excluding carboxylic acids is 1. The second-order valence-electron chi connectivity index (χ2n) is 6.13. The van der Waals surface area contributed by atoms with E-state index < -0.39 is 0 Å². The molecule has 0 radical (unpaired) electrons. The number of aryl methyl sites for hydroxylation is 1. The third-order valence-electron chi connectivity index (χ3n) is 4.50. The molecule has 0 saturated carbocycles. The number of aromatic nitrogens is 4. The van der Waals surface area contributed by atoms with Gasteiger partial charge in [-0.25, -0.2) is 0 Å². The molecular formula is C18H15Cl2N5O2. The predicted octanol–water partition coefficient (Wildman–Crippen LogP) is 3.76. The molecule has 27 heavy (non-hydrogen) atoms. The third-order valence-corrected chi connectivity index (χ3v) is 5.16. The van der Waals surface area contributed by atoms with Gasteiger partial charge < -0.3 is 10.1 Å². The lowest BCUT2D eigenvalue weighted by Gasteiger charge is -2.25. The highest BCUT2D eigenvalue weighted by Gasteiger charge is 2.35. The van der Waals surface area contributed by atoms with E-state index in [0.717, 1.165) is 16.8 Å². The average Bonchev–Trinajstić information content (AvgIpc) is 2.98. The second kappa shape index (κ2) is 6.83. The number of benzene rings is 1. The molecule has 0 fully saturated rings. The van der Waals surface area contributed by atoms with E-state index in [0.29, 0.717) is 27.6 Å². The molecule has 1 atom stereocenters. The second-order valence-corrected chi connectivity index (χ2v) is 6.95. The maximum atomic E-state index is 12.4. The van der Waals surface area contributed by atoms with Gasteiger partial charge in [-0.2, -0.15) is 9.78 Å². The van der Waals surface area contributed by atoms with E-state index in [-0.39, 0.29) is 18.2 Å². The molecule has 0 bridgehead atoms. The van der Waals surface area contributed by atoms with Crippen LogP contribution < -0.4 is 10.1 Å². The van der Waals surface area contributed by atoms with Crippen molar-refractivity contribution in [2.75, 3.05) is 12.4 Å². The van der Waals surface area contributed by atoms with E-state index in [4.69, 9.17) is 27.9 Å². The van der Waals surface area contributed by atoms with E-state index in [1.165, 1.54) is 7.11 Å². The molecule has 4 rings (SSSR count). The van der Waals surface area contributed by atoms with Gasteiger partial charge in [-0.3, -0.25) is 4.79 Å². The summed E-state index contributed by atoms with van der Waals surface area (Å²) in [7, 11) is 1.52. The lowest BCUT2D eigenvalue weighted by atomic mass is 9.85. The molecule has 1 aliphatic heterocycles. The Kier molecular flexibility index (Phi) is 4.49. The molecule has 1 aromatic carbocycles. The zero-order chi connectivity index (χ0) is 19.1. The molecule has 1 amide bonds. The van der Waals surface area contributed by atoms with Crippen molar-refractivity contribution in [3.63, 3.8) is 0 Å². The molecule has 0 spiro atoms. The monoisotopic (exact) mass is 403 g/mol. The molecule has 138 valence electrons. The van der Waals surface area contributed by atoms with Crippen molar-refractivity contribution < 1.29 is 9.53 Å². The fourth-order valence-electron chi connectivity index (χ4n) is 3.34. The number of anilines is 1. The Morgan fingerprint density at radius 1 is 1.15 bits per heavy atom. The first-order valence-electron chi connectivity index (χ1n) is 8.21. The van der Waals surface area contributed by atoms with Gasteiger partial charge in [0.05, 0.1) is 12.8 Å². The molecule has 3 aromatic rings. The summed E-state index contributed by atoms with van der Waals surface area (Å²) in [4.78, 5) is 12.4. The summed E-state index contributed by atoms with van der Waals surface area (Å²) in [5.74, 6) is 0.956. The SMILES string of the molecule is COc1ccc(-n2nc(C)c3c2NC(=O)C[C@H]3c2c(Cl)cccc2Cl)nn1. The number of halogens is 2. The summed E-state index contributed by atoms with van der Waals surface area (Å²) in [6.45, 7) is 1.88. The summed E-state index contributed by atoms with van der Waals surface area (Å²) in [5.41, 5.74) is 2.34. The van der Waals surface area contributed by atoms with E-state index in [2.05, 4.69) is 20.6 Å². The molecular weight excluding hydrogens is 389 g/mol. The van der Waals surface area contributed by atoms with Gasteiger partial charge in [0.1, 0.15) is 5.82 Å². The van der Waals surface area contributed by atoms with Crippen LogP contribution in [-0.4, -0.2) is 33.0 Å². The van der Waals surface area contributed by atoms with Crippen molar-refractivity contribution in [3.05, 3.63) is 57.2 Å². The number of ether oxygens (including phenoxy) is 1. The van der Waals surface area contributed by atoms with Crippen LogP contribution in [0.2, 0.25) is 10.0 Å². The molecule has 0 unspecified atom stereocenters. The van der Waals surface area contributed by atoms with Crippen LogP contribution in [0.5, 0.6) is 5.88 Å². The van der Waals surface area contributed by atoms with Crippen LogP contribution >= 0.6 is 23.2 Å². The summed E-state index contributed by atoms with van der Waals surface area (Å²) >= 11 is 12.8. The van der Waals surface area contributed by atoms with Crippen molar-refractivity contribution in [3.8, 4) is 11.7 Å². The van der Waals surface area contributed by atoms with Gasteiger partial charge in [-0.05, 0) is 30.7 Å². The van der Waals surface area contributed by atoms with E-state index >= 15 is 0 Å². The Bertz CT molecular complexity index is 1010. The number of methoxy groups -OCH3 is 1. The summed E-state index contributed by atoms with van der Waals surface area (Å²) in [6, 6.07) is 8.71. The normalized spacial score (nSPS) is 16.0. The van der Waals surface area contributed by atoms with Crippen LogP contribution in [0.3, 0.4) is 0 Å². The van der Waals surface area contributed by atoms with Gasteiger partial charge in [0, 0.05) is 34.0 Å². The largest absolute Gasteiger partial charge is 0.480 e. The number of nitrogens with zero attached hydrogens (tertiary/aromatic N) is 4. The fourth-order valence-corrected chi connectivity index (χ4v) is 4.00. The Hall–Kier alpha value is -2.64. The minimum atomic E-state index is -0.296. The van der Waals surface area contributed by atoms with Crippen LogP contribution in [0, 0.1) is 6.92 Å². The number of amides is 1. The lowest BCUT2D eigenvalue weighted by Crippen LogP contribution is -2.25. The first kappa shape index (κ1) is 17.8. The van der Waals surface area contributed by atoms with Gasteiger partial charge in [0.25, 0.3) is 0 Å². The van der Waals surface area contributed by atoms with Crippen molar-refractivity contribution in [1.29, 1.82) is 0 Å². The minimum Gasteiger partial charge on any atom is -0.480 e. The Morgan fingerprint density at radius 3 is 2.52 bits per heavy atom. The van der Waals surface area contributed by atoms with Gasteiger partial charge >= 0.3 is 0 Å². The lowest BCUT2D eigenvalue weighted by molar-refractivity contribution is -0.116. The topological polar surface area (TPSA) is 81.9 Å². The number of fused-ring (bicyclic) bond motifs is 1. The molecule has 7 nitrogen and oxygen atoms in total. The van der Waals surface area contributed by atoms with Crippen LogP contribution in [0.25, 0.3) is 5.82 Å². The summed E-state index contributed by atoms with van der Waals surface area (Å²) in [6.07, 6.45) is 0.233. The Morgan fingerprint density at radius 2 is 1.89 bits per heavy atom. The maximum absolute atomic E-state index is 12.4. The van der Waals surface area contributed by atoms with Gasteiger partial charge in [0.15, 0.2) is 5.82 Å². The number of hydrogen-bond donors (Lipinski definition) is 1. The smallest absolute Gasteiger partial charge is 0.233 e. The van der Waals surface area contributed by atoms with Crippen molar-refractivity contribution in [2.24, 2.45) is 0 Å². The van der Waals surface area contributed by atoms with Crippen molar-refractivity contribution >= 4 is 34.9 Å². The Labute approximate surface area is 165 Å². The van der Waals surface area contributed by atoms with E-state index in [1.807, 2.05) is 6.92 Å². The van der Waals surface area contributed by atoms with E-state index in [1.54, 1.807) is 35.0 Å². The van der Waals surface area contributed by atoms with Crippen LogP contribution in [0.1, 0.15) is 29.2 Å². The van der Waals surface area contributed by atoms with Gasteiger partial charge in [-0.1, -0.05) is 29.3 Å². The molecule has 0 aliphatic carbocycles. The average molecular weight is 404 g/mol. The molecule has 9 heteroatoms. The highest BCUT2D eigenvalue weighted by atomic mass is 35.5. The highest BCUT2D eigenvalue weighted by Crippen LogP contribution is 2.44. The van der Waals surface area contributed by atoms with Crippen LogP contribution in [0.15, 0.2) is 30.3 Å². The number of carbonyl (C=O) groups is 1. The molecule has 2 aromatic heterocycles. The number of hydrogen-bond acceptors (Lipinski definition) is 5. The fraction of sp³-hybridized carbons (Fsp3) is 0.222. The first-order chi connectivity index (χ1) is 13.0. The van der Waals surface area contributed by atoms with Crippen molar-refractivity contribution in [1.82, 2.24) is 20.0 Å². The first-order valence-corrected chi connectivity index (χ1v) is 8.96. The predicted molar refractivity (Wildman–Crippen MR) is 102 cm³/mol. The van der Waals surface area contributed by atoms with Crippen molar-refractivity contribution in [2.45, 2.75) is 19.3 Å². The van der Waals surface area contributed by atoms with E-state index in [9.17, 15) is 4.79 Å².